The van der Waals surface area contributed by atoms with Crippen molar-refractivity contribution < 1.29 is 9.53 Å². The Morgan fingerprint density at radius 3 is 2.39 bits per heavy atom. The van der Waals surface area contributed by atoms with E-state index in [1.54, 1.807) is 18.2 Å². The first-order chi connectivity index (χ1) is 13.5. The summed E-state index contributed by atoms with van der Waals surface area (Å²) in [5.41, 5.74) is 5.20. The Balaban J connectivity index is 1.59. The molecule has 0 aliphatic carbocycles. The Morgan fingerprint density at radius 1 is 1.00 bits per heavy atom. The zero-order chi connectivity index (χ0) is 19.7. The number of aryl methyl sites for hydroxylation is 1. The Labute approximate surface area is 173 Å². The largest absolute Gasteiger partial charge is 0.486 e. The molecule has 0 saturated carbocycles. The molecule has 3 aromatic rings. The summed E-state index contributed by atoms with van der Waals surface area (Å²) < 4.78 is 5.83. The maximum Gasteiger partial charge on any atom is 0.256 e. The van der Waals surface area contributed by atoms with Crippen LogP contribution in [0.15, 0.2) is 60.7 Å². The minimum atomic E-state index is -0.145. The smallest absolute Gasteiger partial charge is 0.256 e. The van der Waals surface area contributed by atoms with Crippen molar-refractivity contribution in [2.24, 2.45) is 0 Å². The Hall–Kier alpha value is -2.75. The Morgan fingerprint density at radius 2 is 1.68 bits per heavy atom. The van der Waals surface area contributed by atoms with E-state index in [-0.39, 0.29) is 5.91 Å². The van der Waals surface area contributed by atoms with E-state index in [1.165, 1.54) is 5.56 Å². The second-order valence-electron chi connectivity index (χ2n) is 6.65. The molecule has 1 N–H and O–H groups in total. The Bertz CT molecular complexity index is 1070. The minimum Gasteiger partial charge on any atom is -0.486 e. The summed E-state index contributed by atoms with van der Waals surface area (Å²) in [7, 11) is 0. The first kappa shape index (κ1) is 18.6. The molecule has 5 heteroatoms. The molecule has 0 radical (unpaired) electrons. The van der Waals surface area contributed by atoms with E-state index in [4.69, 9.17) is 27.9 Å². The van der Waals surface area contributed by atoms with Gasteiger partial charge in [0, 0.05) is 16.8 Å². The van der Waals surface area contributed by atoms with Crippen molar-refractivity contribution in [2.45, 2.75) is 13.5 Å². The van der Waals surface area contributed by atoms with Gasteiger partial charge in [-0.2, -0.15) is 0 Å². The van der Waals surface area contributed by atoms with Gasteiger partial charge in [-0.15, -0.1) is 0 Å². The predicted octanol–water partition coefficient (Wildman–Crippen LogP) is 6.37. The highest BCUT2D eigenvalue weighted by Crippen LogP contribution is 2.37. The molecular formula is C23H17Cl2NO2. The van der Waals surface area contributed by atoms with Crippen LogP contribution in [0.25, 0.3) is 11.6 Å². The molecule has 4 rings (SSSR count). The SMILES string of the molecule is Cc1ccc(COc2c(Cl)cc(C=C3C(=O)Nc4ccccc43)cc2Cl)cc1. The number of halogens is 2. The fourth-order valence-electron chi connectivity index (χ4n) is 3.09. The number of carbonyl (C=O) groups is 1. The van der Waals surface area contributed by atoms with Crippen LogP contribution in [0.2, 0.25) is 10.0 Å². The van der Waals surface area contributed by atoms with Crippen LogP contribution in [0.3, 0.4) is 0 Å². The molecule has 3 nitrogen and oxygen atoms in total. The minimum absolute atomic E-state index is 0.145. The molecule has 0 spiro atoms. The number of amides is 1. The highest BCUT2D eigenvalue weighted by molar-refractivity contribution is 6.38. The van der Waals surface area contributed by atoms with Crippen molar-refractivity contribution in [3.63, 3.8) is 0 Å². The number of hydrogen-bond acceptors (Lipinski definition) is 2. The van der Waals surface area contributed by atoms with Gasteiger partial charge in [0.2, 0.25) is 0 Å². The van der Waals surface area contributed by atoms with E-state index < -0.39 is 0 Å². The summed E-state index contributed by atoms with van der Waals surface area (Å²) in [4.78, 5) is 12.3. The summed E-state index contributed by atoms with van der Waals surface area (Å²) in [5, 5.41) is 3.65. The molecule has 1 heterocycles. The molecule has 1 aliphatic heterocycles. The zero-order valence-electron chi connectivity index (χ0n) is 15.1. The molecule has 0 fully saturated rings. The zero-order valence-corrected chi connectivity index (χ0v) is 16.6. The molecule has 1 aliphatic rings. The van der Waals surface area contributed by atoms with Crippen LogP contribution in [0.1, 0.15) is 22.3 Å². The number of ether oxygens (including phenoxy) is 1. The van der Waals surface area contributed by atoms with Crippen molar-refractivity contribution in [1.29, 1.82) is 0 Å². The van der Waals surface area contributed by atoms with Crippen molar-refractivity contribution in [2.75, 3.05) is 5.32 Å². The highest BCUT2D eigenvalue weighted by Gasteiger charge is 2.23. The van der Waals surface area contributed by atoms with Crippen molar-refractivity contribution in [3.05, 3.63) is 93.0 Å². The van der Waals surface area contributed by atoms with Crippen LogP contribution < -0.4 is 10.1 Å². The predicted molar refractivity (Wildman–Crippen MR) is 115 cm³/mol. The quantitative estimate of drug-likeness (QED) is 0.508. The molecule has 0 bridgehead atoms. The van der Waals surface area contributed by atoms with Crippen molar-refractivity contribution in [3.8, 4) is 5.75 Å². The number of fused-ring (bicyclic) bond motifs is 1. The van der Waals surface area contributed by atoms with Gasteiger partial charge < -0.3 is 10.1 Å². The average molecular weight is 410 g/mol. The highest BCUT2D eigenvalue weighted by atomic mass is 35.5. The van der Waals surface area contributed by atoms with Gasteiger partial charge in [0.1, 0.15) is 6.61 Å². The molecule has 1 amide bonds. The standard InChI is InChI=1S/C23H17Cl2NO2/c1-14-6-8-15(9-7-14)13-28-22-19(24)11-16(12-20(22)25)10-18-17-4-2-3-5-21(17)26-23(18)27/h2-12H,13H2,1H3,(H,26,27). The lowest BCUT2D eigenvalue weighted by Crippen LogP contribution is -2.03. The topological polar surface area (TPSA) is 38.3 Å². The van der Waals surface area contributed by atoms with Crippen molar-refractivity contribution >= 4 is 46.4 Å². The van der Waals surface area contributed by atoms with Crippen molar-refractivity contribution in [1.82, 2.24) is 0 Å². The monoisotopic (exact) mass is 409 g/mol. The van der Waals surface area contributed by atoms with Crippen LogP contribution in [0.5, 0.6) is 5.75 Å². The van der Waals surface area contributed by atoms with E-state index in [0.29, 0.717) is 28.0 Å². The summed E-state index contributed by atoms with van der Waals surface area (Å²) in [6.07, 6.45) is 1.78. The van der Waals surface area contributed by atoms with Gasteiger partial charge in [-0.25, -0.2) is 0 Å². The van der Waals surface area contributed by atoms with Gasteiger partial charge in [-0.1, -0.05) is 71.2 Å². The Kier molecular flexibility index (Phi) is 5.12. The maximum atomic E-state index is 12.3. The molecule has 0 atom stereocenters. The van der Waals surface area contributed by atoms with Gasteiger partial charge in [-0.05, 0) is 42.3 Å². The maximum absolute atomic E-state index is 12.3. The molecule has 0 saturated heterocycles. The second kappa shape index (κ2) is 7.70. The van der Waals surface area contributed by atoms with Gasteiger partial charge in [0.25, 0.3) is 5.91 Å². The normalized spacial score (nSPS) is 14.1. The van der Waals surface area contributed by atoms with E-state index in [9.17, 15) is 4.79 Å². The summed E-state index contributed by atoms with van der Waals surface area (Å²) in [5.74, 6) is 0.287. The molecule has 140 valence electrons. The third-order valence-corrected chi connectivity index (χ3v) is 5.11. The number of hydrogen-bond donors (Lipinski definition) is 1. The van der Waals surface area contributed by atoms with Gasteiger partial charge >= 0.3 is 0 Å². The van der Waals surface area contributed by atoms with Crippen LogP contribution in [0.4, 0.5) is 5.69 Å². The molecule has 0 aromatic heterocycles. The van der Waals surface area contributed by atoms with Crippen LogP contribution in [-0.2, 0) is 11.4 Å². The van der Waals surface area contributed by atoms with E-state index in [2.05, 4.69) is 5.32 Å². The van der Waals surface area contributed by atoms with Crippen LogP contribution in [0, 0.1) is 6.92 Å². The van der Waals surface area contributed by atoms with Crippen LogP contribution in [-0.4, -0.2) is 5.91 Å². The summed E-state index contributed by atoms with van der Waals surface area (Å²) >= 11 is 12.8. The van der Waals surface area contributed by atoms with Gasteiger partial charge in [0.15, 0.2) is 5.75 Å². The summed E-state index contributed by atoms with van der Waals surface area (Å²) in [6, 6.07) is 19.1. The number of para-hydroxylation sites is 1. The van der Waals surface area contributed by atoms with Gasteiger partial charge in [-0.3, -0.25) is 4.79 Å². The number of rotatable bonds is 4. The summed E-state index contributed by atoms with van der Waals surface area (Å²) in [6.45, 7) is 2.41. The van der Waals surface area contributed by atoms with Crippen LogP contribution >= 0.6 is 23.2 Å². The third-order valence-electron chi connectivity index (χ3n) is 4.55. The first-order valence-electron chi connectivity index (χ1n) is 8.81. The average Bonchev–Trinajstić information content (AvgIpc) is 2.98. The second-order valence-corrected chi connectivity index (χ2v) is 7.46. The number of nitrogens with one attached hydrogen (secondary N) is 1. The molecule has 3 aromatic carbocycles. The number of anilines is 1. The lowest BCUT2D eigenvalue weighted by atomic mass is 10.0. The fourth-order valence-corrected chi connectivity index (χ4v) is 3.70. The first-order valence-corrected chi connectivity index (χ1v) is 9.57. The van der Waals surface area contributed by atoms with E-state index in [0.717, 1.165) is 22.4 Å². The fraction of sp³-hybridized carbons (Fsp3) is 0.0870. The number of benzene rings is 3. The van der Waals surface area contributed by atoms with E-state index >= 15 is 0 Å². The molecule has 28 heavy (non-hydrogen) atoms. The molecular weight excluding hydrogens is 393 g/mol. The third kappa shape index (κ3) is 3.77. The number of carbonyl (C=O) groups excluding carboxylic acids is 1. The lowest BCUT2D eigenvalue weighted by Gasteiger charge is -2.11. The van der Waals surface area contributed by atoms with Gasteiger partial charge in [0.05, 0.1) is 10.0 Å². The van der Waals surface area contributed by atoms with E-state index in [1.807, 2.05) is 55.5 Å². The lowest BCUT2D eigenvalue weighted by molar-refractivity contribution is -0.110. The molecule has 0 unspecified atom stereocenters.